The minimum absolute atomic E-state index is 0.0585. The number of aromatic nitrogens is 2. The van der Waals surface area contributed by atoms with Gasteiger partial charge in [0.25, 0.3) is 0 Å². The van der Waals surface area contributed by atoms with Gasteiger partial charge in [-0.25, -0.2) is 4.98 Å². The number of aromatic amines is 1. The van der Waals surface area contributed by atoms with Crippen LogP contribution in [0.25, 0.3) is 33.5 Å². The summed E-state index contributed by atoms with van der Waals surface area (Å²) in [6.07, 6.45) is 2.55. The summed E-state index contributed by atoms with van der Waals surface area (Å²) in [5.74, 6) is 1.10. The SMILES string of the molecule is CNC(=O)OI1Cc2ccc(-c3cc(=O)c4cc(-c5cnco5)c(OC)cc4[nH]3)cc2C1N(C)C. The van der Waals surface area contributed by atoms with Gasteiger partial charge in [0.1, 0.15) is 0 Å². The molecule has 2 N–H and O–H groups in total. The number of amides is 1. The van der Waals surface area contributed by atoms with Crippen molar-refractivity contribution in [3.63, 3.8) is 0 Å². The quantitative estimate of drug-likeness (QED) is 0.198. The summed E-state index contributed by atoms with van der Waals surface area (Å²) < 4.78 is 17.6. The molecule has 2 aromatic heterocycles. The number of methoxy groups -OCH3 is 1. The fourth-order valence-corrected chi connectivity index (χ4v) is 9.91. The third-order valence-corrected chi connectivity index (χ3v) is 11.5. The average molecular weight is 588 g/mol. The topological polar surface area (TPSA) is 110 Å². The fraction of sp³-hybridized carbons (Fsp3) is 0.240. The second-order valence-corrected chi connectivity index (χ2v) is 12.7. The number of H-pyrrole nitrogens is 1. The van der Waals surface area contributed by atoms with Gasteiger partial charge in [0.2, 0.25) is 0 Å². The first-order valence-electron chi connectivity index (χ1n) is 10.9. The van der Waals surface area contributed by atoms with E-state index in [9.17, 15) is 9.59 Å². The zero-order valence-electron chi connectivity index (χ0n) is 19.7. The van der Waals surface area contributed by atoms with Gasteiger partial charge in [-0.1, -0.05) is 0 Å². The molecule has 10 heteroatoms. The minimum atomic E-state index is -2.12. The summed E-state index contributed by atoms with van der Waals surface area (Å²) in [6.45, 7) is 0. The molecule has 0 spiro atoms. The van der Waals surface area contributed by atoms with Crippen LogP contribution in [-0.4, -0.2) is 49.2 Å². The van der Waals surface area contributed by atoms with Gasteiger partial charge in [-0.2, -0.15) is 0 Å². The molecule has 182 valence electrons. The predicted molar refractivity (Wildman–Crippen MR) is 142 cm³/mol. The van der Waals surface area contributed by atoms with Gasteiger partial charge in [-0.3, -0.25) is 0 Å². The number of benzene rings is 2. The van der Waals surface area contributed by atoms with Crippen molar-refractivity contribution in [2.45, 2.75) is 8.48 Å². The van der Waals surface area contributed by atoms with E-state index in [1.807, 2.05) is 20.2 Å². The number of nitrogens with zero attached hydrogens (tertiary/aromatic N) is 2. The summed E-state index contributed by atoms with van der Waals surface area (Å²) in [7, 11) is 7.15. The number of rotatable bonds is 5. The molecule has 1 aliphatic rings. The molecule has 5 rings (SSSR count). The molecule has 9 nitrogen and oxygen atoms in total. The summed E-state index contributed by atoms with van der Waals surface area (Å²) in [5.41, 5.74) is 5.13. The number of halogens is 1. The van der Waals surface area contributed by atoms with E-state index in [2.05, 4.69) is 32.3 Å². The van der Waals surface area contributed by atoms with Gasteiger partial charge in [-0.15, -0.1) is 0 Å². The zero-order chi connectivity index (χ0) is 24.7. The van der Waals surface area contributed by atoms with Crippen molar-refractivity contribution in [3.05, 3.63) is 70.3 Å². The molecule has 0 bridgehead atoms. The predicted octanol–water partition coefficient (Wildman–Crippen LogP) is 4.71. The fourth-order valence-electron chi connectivity index (χ4n) is 4.29. The zero-order valence-corrected chi connectivity index (χ0v) is 21.9. The second kappa shape index (κ2) is 9.34. The Balaban J connectivity index is 1.57. The Hall–Kier alpha value is -3.38. The molecule has 3 heterocycles. The van der Waals surface area contributed by atoms with Crippen molar-refractivity contribution < 1.29 is 17.0 Å². The first-order valence-corrected chi connectivity index (χ1v) is 14.5. The average Bonchev–Trinajstić information content (AvgIpc) is 3.50. The van der Waals surface area contributed by atoms with E-state index in [-0.39, 0.29) is 15.6 Å². The van der Waals surface area contributed by atoms with E-state index in [1.165, 1.54) is 12.0 Å². The van der Waals surface area contributed by atoms with Crippen molar-refractivity contribution in [1.82, 2.24) is 20.2 Å². The van der Waals surface area contributed by atoms with Crippen LogP contribution in [0.5, 0.6) is 5.75 Å². The third-order valence-electron chi connectivity index (χ3n) is 5.89. The van der Waals surface area contributed by atoms with Gasteiger partial charge < -0.3 is 0 Å². The van der Waals surface area contributed by atoms with E-state index >= 15 is 0 Å². The number of alkyl halides is 2. The number of hydrogen-bond donors (Lipinski definition) is 2. The summed E-state index contributed by atoms with van der Waals surface area (Å²) in [6, 6.07) is 11.3. The second-order valence-electron chi connectivity index (χ2n) is 8.32. The Bertz CT molecular complexity index is 1460. The Kier molecular flexibility index (Phi) is 6.24. The molecule has 1 atom stereocenters. The Morgan fingerprint density at radius 3 is 2.77 bits per heavy atom. The van der Waals surface area contributed by atoms with Crippen LogP contribution in [-0.2, 0) is 7.49 Å². The Morgan fingerprint density at radius 2 is 2.09 bits per heavy atom. The molecule has 1 unspecified atom stereocenters. The van der Waals surface area contributed by atoms with Gasteiger partial charge in [-0.05, 0) is 0 Å². The van der Waals surface area contributed by atoms with Crippen LogP contribution in [0.3, 0.4) is 0 Å². The number of oxazole rings is 1. The van der Waals surface area contributed by atoms with Crippen molar-refractivity contribution in [1.29, 1.82) is 0 Å². The molecule has 0 saturated carbocycles. The number of fused-ring (bicyclic) bond motifs is 2. The van der Waals surface area contributed by atoms with E-state index in [1.54, 1.807) is 38.6 Å². The van der Waals surface area contributed by atoms with Crippen LogP contribution >= 0.6 is 20.2 Å². The maximum atomic E-state index is 13.1. The van der Waals surface area contributed by atoms with Crippen LogP contribution < -0.4 is 15.5 Å². The van der Waals surface area contributed by atoms with Crippen molar-refractivity contribution in [3.8, 4) is 28.3 Å². The molecule has 4 aromatic rings. The van der Waals surface area contributed by atoms with Crippen LogP contribution in [0.4, 0.5) is 4.79 Å². The summed E-state index contributed by atoms with van der Waals surface area (Å²) in [4.78, 5) is 34.5. The van der Waals surface area contributed by atoms with E-state index in [0.717, 1.165) is 15.6 Å². The van der Waals surface area contributed by atoms with Gasteiger partial charge in [0, 0.05) is 0 Å². The molecule has 0 saturated heterocycles. The molecule has 1 aliphatic heterocycles. The first-order chi connectivity index (χ1) is 16.9. The number of hydrogen-bond acceptors (Lipinski definition) is 7. The van der Waals surface area contributed by atoms with E-state index in [0.29, 0.717) is 33.7 Å². The van der Waals surface area contributed by atoms with E-state index < -0.39 is 20.2 Å². The monoisotopic (exact) mass is 588 g/mol. The van der Waals surface area contributed by atoms with Crippen molar-refractivity contribution in [2.24, 2.45) is 0 Å². The van der Waals surface area contributed by atoms with Crippen molar-refractivity contribution in [2.75, 3.05) is 28.3 Å². The number of carbonyl (C=O) groups excluding carboxylic acids is 1. The third kappa shape index (κ3) is 4.27. The standard InChI is InChI=1S/C25H25IN4O5/c1-27-25(32)35-26-11-15-6-5-14(7-16(15)24(26)30(2)3)19-9-21(31)17-8-18(23-12-28-13-34-23)22(33-4)10-20(17)29-19/h5-10,12-13,24H,11H2,1-4H3,(H,27,32)(H,29,31). The van der Waals surface area contributed by atoms with Crippen LogP contribution in [0.1, 0.15) is 15.2 Å². The molecule has 0 fully saturated rings. The first kappa shape index (κ1) is 23.4. The number of carbonyl (C=O) groups is 1. The van der Waals surface area contributed by atoms with Gasteiger partial charge in [0.15, 0.2) is 6.39 Å². The number of nitrogens with one attached hydrogen (secondary N) is 2. The van der Waals surface area contributed by atoms with Crippen LogP contribution in [0, 0.1) is 0 Å². The molecular formula is C25H25IN4O5. The molecule has 0 radical (unpaired) electrons. The van der Waals surface area contributed by atoms with Crippen molar-refractivity contribution >= 4 is 37.2 Å². The van der Waals surface area contributed by atoms with Crippen LogP contribution in [0.2, 0.25) is 0 Å². The van der Waals surface area contributed by atoms with Gasteiger partial charge >= 0.3 is 198 Å². The maximum absolute atomic E-state index is 13.1. The molecular weight excluding hydrogens is 563 g/mol. The van der Waals surface area contributed by atoms with Gasteiger partial charge in [0.05, 0.1) is 0 Å². The molecule has 35 heavy (non-hydrogen) atoms. The molecule has 0 aliphatic carbocycles. The Labute approximate surface area is 209 Å². The molecule has 1 amide bonds. The van der Waals surface area contributed by atoms with Crippen LogP contribution in [0.15, 0.2) is 58.2 Å². The summed E-state index contributed by atoms with van der Waals surface area (Å²) in [5, 5.41) is 3.09. The Morgan fingerprint density at radius 1 is 1.26 bits per heavy atom. The normalized spacial score (nSPS) is 15.9. The number of pyridine rings is 1. The molecule has 2 aromatic carbocycles. The van der Waals surface area contributed by atoms with E-state index in [4.69, 9.17) is 12.2 Å². The summed E-state index contributed by atoms with van der Waals surface area (Å²) >= 11 is -2.12. The number of ether oxygens (including phenoxy) is 1.